The molecule has 0 saturated carbocycles. The number of hydrogen-bond acceptors (Lipinski definition) is 4. The van der Waals surface area contributed by atoms with Crippen LogP contribution in [0.15, 0.2) is 12.1 Å². The Balaban J connectivity index is 2.41. The van der Waals surface area contributed by atoms with Crippen molar-refractivity contribution in [2.75, 3.05) is 31.2 Å². The number of rotatable bonds is 2. The molecule has 0 aromatic carbocycles. The van der Waals surface area contributed by atoms with Gasteiger partial charge in [0.05, 0.1) is 18.8 Å². The molecule has 1 saturated heterocycles. The molecule has 2 heterocycles. The standard InChI is InChI=1S/C11H10ClF3N2O2/c12-10(18)8-5-7(11(13,14)15)6-9(16-8)17-1-3-19-4-2-17/h5-6H,1-4H2. The smallest absolute Gasteiger partial charge is 0.378 e. The Bertz CT molecular complexity index is 487. The summed E-state index contributed by atoms with van der Waals surface area (Å²) in [5.41, 5.74) is -1.34. The molecule has 8 heteroatoms. The Labute approximate surface area is 112 Å². The summed E-state index contributed by atoms with van der Waals surface area (Å²) >= 11 is 5.22. The number of pyridine rings is 1. The van der Waals surface area contributed by atoms with E-state index >= 15 is 0 Å². The third kappa shape index (κ3) is 3.36. The lowest BCUT2D eigenvalue weighted by Gasteiger charge is -2.28. The van der Waals surface area contributed by atoms with Crippen molar-refractivity contribution in [1.82, 2.24) is 4.98 Å². The Morgan fingerprint density at radius 2 is 1.95 bits per heavy atom. The Kier molecular flexibility index (Phi) is 3.96. The number of anilines is 1. The van der Waals surface area contributed by atoms with E-state index in [-0.39, 0.29) is 5.82 Å². The summed E-state index contributed by atoms with van der Waals surface area (Å²) in [6.07, 6.45) is -4.55. The van der Waals surface area contributed by atoms with Gasteiger partial charge in [-0.3, -0.25) is 4.79 Å². The van der Waals surface area contributed by atoms with E-state index in [0.717, 1.165) is 6.07 Å². The number of alkyl halides is 3. The lowest BCUT2D eigenvalue weighted by atomic mass is 10.2. The van der Waals surface area contributed by atoms with Crippen molar-refractivity contribution in [3.05, 3.63) is 23.4 Å². The van der Waals surface area contributed by atoms with Crippen LogP contribution in [0.3, 0.4) is 0 Å². The normalized spacial score (nSPS) is 16.5. The first kappa shape index (κ1) is 14.1. The van der Waals surface area contributed by atoms with Gasteiger partial charge in [-0.2, -0.15) is 13.2 Å². The SMILES string of the molecule is O=C(Cl)c1cc(C(F)(F)F)cc(N2CCOCC2)n1. The van der Waals surface area contributed by atoms with Crippen molar-refractivity contribution in [2.45, 2.75) is 6.18 Å². The van der Waals surface area contributed by atoms with Crippen LogP contribution in [0.2, 0.25) is 0 Å². The van der Waals surface area contributed by atoms with Crippen LogP contribution in [0.1, 0.15) is 16.1 Å². The quantitative estimate of drug-likeness (QED) is 0.785. The van der Waals surface area contributed by atoms with Gasteiger partial charge in [-0.15, -0.1) is 0 Å². The Morgan fingerprint density at radius 3 is 2.47 bits per heavy atom. The molecule has 0 aliphatic carbocycles. The van der Waals surface area contributed by atoms with Gasteiger partial charge in [0.2, 0.25) is 0 Å². The molecule has 1 fully saturated rings. The van der Waals surface area contributed by atoms with Crippen LogP contribution in [0.25, 0.3) is 0 Å². The summed E-state index contributed by atoms with van der Waals surface area (Å²) in [7, 11) is 0. The summed E-state index contributed by atoms with van der Waals surface area (Å²) in [6, 6.07) is 1.56. The highest BCUT2D eigenvalue weighted by molar-refractivity contribution is 6.67. The molecule has 104 valence electrons. The Morgan fingerprint density at radius 1 is 1.32 bits per heavy atom. The number of carbonyl (C=O) groups is 1. The van der Waals surface area contributed by atoms with E-state index in [1.165, 1.54) is 0 Å². The first-order chi connectivity index (χ1) is 8.88. The molecular weight excluding hydrogens is 285 g/mol. The largest absolute Gasteiger partial charge is 0.416 e. The zero-order valence-corrected chi connectivity index (χ0v) is 10.5. The highest BCUT2D eigenvalue weighted by atomic mass is 35.5. The molecule has 1 aromatic heterocycles. The molecule has 0 unspecified atom stereocenters. The molecule has 4 nitrogen and oxygen atoms in total. The molecule has 1 aliphatic rings. The van der Waals surface area contributed by atoms with Crippen LogP contribution in [-0.2, 0) is 10.9 Å². The van der Waals surface area contributed by atoms with Gasteiger partial charge < -0.3 is 9.64 Å². The Hall–Kier alpha value is -1.34. The summed E-state index contributed by atoms with van der Waals surface area (Å²) in [5.74, 6) is 0.0853. The van der Waals surface area contributed by atoms with Crippen molar-refractivity contribution in [1.29, 1.82) is 0 Å². The zero-order valence-electron chi connectivity index (χ0n) is 9.71. The van der Waals surface area contributed by atoms with Crippen molar-refractivity contribution < 1.29 is 22.7 Å². The van der Waals surface area contributed by atoms with E-state index in [4.69, 9.17) is 16.3 Å². The van der Waals surface area contributed by atoms with E-state index in [1.807, 2.05) is 0 Å². The third-order valence-electron chi connectivity index (χ3n) is 2.68. The van der Waals surface area contributed by atoms with Crippen LogP contribution in [0.5, 0.6) is 0 Å². The van der Waals surface area contributed by atoms with Gasteiger partial charge in [-0.25, -0.2) is 4.98 Å². The maximum atomic E-state index is 12.8. The second-order valence-electron chi connectivity index (χ2n) is 3.97. The summed E-state index contributed by atoms with van der Waals surface area (Å²) < 4.78 is 43.4. The fourth-order valence-electron chi connectivity index (χ4n) is 1.73. The highest BCUT2D eigenvalue weighted by Crippen LogP contribution is 2.32. The highest BCUT2D eigenvalue weighted by Gasteiger charge is 2.33. The number of ether oxygens (including phenoxy) is 1. The van der Waals surface area contributed by atoms with Gasteiger partial charge in [0.15, 0.2) is 0 Å². The minimum absolute atomic E-state index is 0.0853. The van der Waals surface area contributed by atoms with Crippen LogP contribution < -0.4 is 4.90 Å². The average Bonchev–Trinajstić information content (AvgIpc) is 2.38. The van der Waals surface area contributed by atoms with Crippen LogP contribution in [-0.4, -0.2) is 36.5 Å². The maximum Gasteiger partial charge on any atom is 0.416 e. The van der Waals surface area contributed by atoms with Gasteiger partial charge in [-0.1, -0.05) is 0 Å². The minimum Gasteiger partial charge on any atom is -0.378 e. The molecule has 0 N–H and O–H groups in total. The van der Waals surface area contributed by atoms with Crippen LogP contribution in [0.4, 0.5) is 19.0 Å². The van der Waals surface area contributed by atoms with Gasteiger partial charge in [-0.05, 0) is 23.7 Å². The van der Waals surface area contributed by atoms with E-state index in [2.05, 4.69) is 4.98 Å². The van der Waals surface area contributed by atoms with Gasteiger partial charge in [0, 0.05) is 13.1 Å². The molecule has 19 heavy (non-hydrogen) atoms. The number of nitrogens with zero attached hydrogens (tertiary/aromatic N) is 2. The molecule has 0 bridgehead atoms. The van der Waals surface area contributed by atoms with E-state index in [9.17, 15) is 18.0 Å². The number of aromatic nitrogens is 1. The van der Waals surface area contributed by atoms with Crippen molar-refractivity contribution in [2.24, 2.45) is 0 Å². The van der Waals surface area contributed by atoms with Crippen LogP contribution in [0, 0.1) is 0 Å². The lowest BCUT2D eigenvalue weighted by Crippen LogP contribution is -2.37. The number of carbonyl (C=O) groups excluding carboxylic acids is 1. The molecule has 0 spiro atoms. The van der Waals surface area contributed by atoms with Crippen LogP contribution >= 0.6 is 11.6 Å². The zero-order chi connectivity index (χ0) is 14.0. The van der Waals surface area contributed by atoms with E-state index in [0.29, 0.717) is 32.4 Å². The van der Waals surface area contributed by atoms with Crippen molar-refractivity contribution in [3.8, 4) is 0 Å². The predicted molar refractivity (Wildman–Crippen MR) is 62.5 cm³/mol. The first-order valence-corrected chi connectivity index (χ1v) is 5.87. The first-order valence-electron chi connectivity index (χ1n) is 5.50. The summed E-state index contributed by atoms with van der Waals surface area (Å²) in [4.78, 5) is 16.5. The molecule has 1 aromatic rings. The van der Waals surface area contributed by atoms with Gasteiger partial charge >= 0.3 is 6.18 Å². The molecule has 1 aliphatic heterocycles. The number of hydrogen-bond donors (Lipinski definition) is 0. The molecule has 2 rings (SSSR count). The van der Waals surface area contributed by atoms with Crippen molar-refractivity contribution in [3.63, 3.8) is 0 Å². The molecule has 0 amide bonds. The molecule has 0 radical (unpaired) electrons. The fraction of sp³-hybridized carbons (Fsp3) is 0.455. The van der Waals surface area contributed by atoms with Gasteiger partial charge in [0.1, 0.15) is 11.5 Å². The average molecular weight is 295 g/mol. The maximum absolute atomic E-state index is 12.8. The van der Waals surface area contributed by atoms with E-state index < -0.39 is 22.7 Å². The topological polar surface area (TPSA) is 42.4 Å². The summed E-state index contributed by atoms with van der Waals surface area (Å²) in [5, 5.41) is -1.01. The predicted octanol–water partition coefficient (Wildman–Crippen LogP) is 2.32. The number of morpholine rings is 1. The molecule has 0 atom stereocenters. The molecular formula is C11H10ClF3N2O2. The summed E-state index contributed by atoms with van der Waals surface area (Å²) in [6.45, 7) is 1.65. The second kappa shape index (κ2) is 5.34. The minimum atomic E-state index is -4.55. The lowest BCUT2D eigenvalue weighted by molar-refractivity contribution is -0.137. The number of halogens is 4. The fourth-order valence-corrected chi connectivity index (χ4v) is 1.83. The van der Waals surface area contributed by atoms with E-state index in [1.54, 1.807) is 4.90 Å². The third-order valence-corrected chi connectivity index (χ3v) is 2.87. The second-order valence-corrected chi connectivity index (χ2v) is 4.31. The van der Waals surface area contributed by atoms with Gasteiger partial charge in [0.25, 0.3) is 5.24 Å². The monoisotopic (exact) mass is 294 g/mol. The van der Waals surface area contributed by atoms with Crippen molar-refractivity contribution >= 4 is 22.7 Å².